The molecule has 0 aliphatic heterocycles. The van der Waals surface area contributed by atoms with Crippen molar-refractivity contribution >= 4 is 21.6 Å². The number of para-hydroxylation sites is 1. The SMILES string of the molecule is CCOc1nc2c(OC)cccc2s1. The molecule has 14 heavy (non-hydrogen) atoms. The smallest absolute Gasteiger partial charge is 0.274 e. The summed E-state index contributed by atoms with van der Waals surface area (Å²) in [6.07, 6.45) is 0. The number of rotatable bonds is 3. The highest BCUT2D eigenvalue weighted by Crippen LogP contribution is 2.33. The summed E-state index contributed by atoms with van der Waals surface area (Å²) in [5.41, 5.74) is 0.878. The van der Waals surface area contributed by atoms with E-state index in [0.29, 0.717) is 11.8 Å². The fourth-order valence-electron chi connectivity index (χ4n) is 1.25. The van der Waals surface area contributed by atoms with Crippen molar-refractivity contribution in [1.29, 1.82) is 0 Å². The van der Waals surface area contributed by atoms with Crippen molar-refractivity contribution in [2.75, 3.05) is 13.7 Å². The number of hydrogen-bond acceptors (Lipinski definition) is 4. The molecular formula is C10H11NO2S. The Kier molecular flexibility index (Phi) is 2.54. The van der Waals surface area contributed by atoms with Crippen LogP contribution in [0.15, 0.2) is 18.2 Å². The van der Waals surface area contributed by atoms with Crippen LogP contribution in [0.2, 0.25) is 0 Å². The summed E-state index contributed by atoms with van der Waals surface area (Å²) >= 11 is 1.54. The minimum Gasteiger partial charge on any atom is -0.494 e. The molecular weight excluding hydrogens is 198 g/mol. The Morgan fingerprint density at radius 2 is 2.29 bits per heavy atom. The van der Waals surface area contributed by atoms with Crippen molar-refractivity contribution in [1.82, 2.24) is 4.98 Å². The number of benzene rings is 1. The molecule has 0 aliphatic carbocycles. The van der Waals surface area contributed by atoms with Gasteiger partial charge < -0.3 is 9.47 Å². The van der Waals surface area contributed by atoms with Crippen LogP contribution in [-0.2, 0) is 0 Å². The van der Waals surface area contributed by atoms with E-state index in [1.54, 1.807) is 7.11 Å². The number of fused-ring (bicyclic) bond motifs is 1. The molecule has 0 saturated carbocycles. The normalized spacial score (nSPS) is 10.4. The van der Waals surface area contributed by atoms with Gasteiger partial charge in [-0.05, 0) is 19.1 Å². The molecule has 0 N–H and O–H groups in total. The molecule has 3 nitrogen and oxygen atoms in total. The van der Waals surface area contributed by atoms with E-state index in [0.717, 1.165) is 16.0 Å². The van der Waals surface area contributed by atoms with Crippen LogP contribution in [-0.4, -0.2) is 18.7 Å². The molecule has 0 unspecified atom stereocenters. The van der Waals surface area contributed by atoms with Crippen LogP contribution < -0.4 is 9.47 Å². The number of nitrogens with zero attached hydrogens (tertiary/aromatic N) is 1. The Morgan fingerprint density at radius 1 is 1.43 bits per heavy atom. The van der Waals surface area contributed by atoms with Gasteiger partial charge in [-0.3, -0.25) is 0 Å². The fourth-order valence-corrected chi connectivity index (χ4v) is 2.14. The molecule has 0 spiro atoms. The zero-order valence-electron chi connectivity index (χ0n) is 8.11. The third-order valence-electron chi connectivity index (χ3n) is 1.85. The van der Waals surface area contributed by atoms with Gasteiger partial charge >= 0.3 is 0 Å². The molecule has 2 rings (SSSR count). The first-order chi connectivity index (χ1) is 6.85. The van der Waals surface area contributed by atoms with E-state index < -0.39 is 0 Å². The predicted molar refractivity (Wildman–Crippen MR) is 57.3 cm³/mol. The quantitative estimate of drug-likeness (QED) is 0.778. The van der Waals surface area contributed by atoms with Crippen molar-refractivity contribution in [3.8, 4) is 10.9 Å². The van der Waals surface area contributed by atoms with Gasteiger partial charge in [-0.15, -0.1) is 0 Å². The molecule has 1 aromatic carbocycles. The van der Waals surface area contributed by atoms with E-state index in [-0.39, 0.29) is 0 Å². The van der Waals surface area contributed by atoms with Gasteiger partial charge in [0, 0.05) is 0 Å². The fraction of sp³-hybridized carbons (Fsp3) is 0.300. The van der Waals surface area contributed by atoms with Crippen LogP contribution >= 0.6 is 11.3 Å². The van der Waals surface area contributed by atoms with Gasteiger partial charge in [0.2, 0.25) is 0 Å². The molecule has 1 heterocycles. The van der Waals surface area contributed by atoms with E-state index in [2.05, 4.69) is 4.98 Å². The lowest BCUT2D eigenvalue weighted by atomic mass is 10.3. The zero-order valence-corrected chi connectivity index (χ0v) is 8.93. The summed E-state index contributed by atoms with van der Waals surface area (Å²) in [6.45, 7) is 2.59. The molecule has 1 aromatic heterocycles. The van der Waals surface area contributed by atoms with Crippen molar-refractivity contribution in [3.63, 3.8) is 0 Å². The molecule has 0 saturated heterocycles. The first-order valence-corrected chi connectivity index (χ1v) is 5.23. The maximum Gasteiger partial charge on any atom is 0.274 e. The second-order valence-electron chi connectivity index (χ2n) is 2.72. The lowest BCUT2D eigenvalue weighted by Crippen LogP contribution is -1.89. The summed E-state index contributed by atoms with van der Waals surface area (Å²) in [6, 6.07) is 5.87. The minimum absolute atomic E-state index is 0.641. The standard InChI is InChI=1S/C10H11NO2S/c1-3-13-10-11-9-7(12-2)5-4-6-8(9)14-10/h4-6H,3H2,1-2H3. The Balaban J connectivity index is 2.52. The van der Waals surface area contributed by atoms with E-state index in [4.69, 9.17) is 9.47 Å². The largest absolute Gasteiger partial charge is 0.494 e. The molecule has 0 atom stereocenters. The van der Waals surface area contributed by atoms with E-state index in [1.165, 1.54) is 11.3 Å². The van der Waals surface area contributed by atoms with Crippen LogP contribution in [0.1, 0.15) is 6.92 Å². The molecule has 74 valence electrons. The Bertz CT molecular complexity index is 439. The maximum atomic E-state index is 5.34. The van der Waals surface area contributed by atoms with Gasteiger partial charge in [0.15, 0.2) is 0 Å². The molecule has 0 bridgehead atoms. The Labute approximate surface area is 86.3 Å². The summed E-state index contributed by atoms with van der Waals surface area (Å²) in [4.78, 5) is 4.34. The van der Waals surface area contributed by atoms with Gasteiger partial charge in [0.1, 0.15) is 11.3 Å². The molecule has 2 aromatic rings. The zero-order chi connectivity index (χ0) is 9.97. The summed E-state index contributed by atoms with van der Waals surface area (Å²) in [5, 5.41) is 0.701. The summed E-state index contributed by atoms with van der Waals surface area (Å²) < 4.78 is 11.6. The van der Waals surface area contributed by atoms with Crippen LogP contribution in [0.4, 0.5) is 0 Å². The van der Waals surface area contributed by atoms with Crippen molar-refractivity contribution in [2.45, 2.75) is 6.92 Å². The number of ether oxygens (including phenoxy) is 2. The van der Waals surface area contributed by atoms with Crippen LogP contribution in [0.3, 0.4) is 0 Å². The van der Waals surface area contributed by atoms with Gasteiger partial charge in [0.05, 0.1) is 18.4 Å². The first-order valence-electron chi connectivity index (χ1n) is 4.41. The monoisotopic (exact) mass is 209 g/mol. The molecule has 0 fully saturated rings. The van der Waals surface area contributed by atoms with Crippen LogP contribution in [0.5, 0.6) is 10.9 Å². The Hall–Kier alpha value is -1.29. The highest BCUT2D eigenvalue weighted by molar-refractivity contribution is 7.20. The molecule has 0 radical (unpaired) electrons. The molecule has 0 aliphatic rings. The summed E-state index contributed by atoms with van der Waals surface area (Å²) in [5.74, 6) is 0.796. The number of thiazole rings is 1. The van der Waals surface area contributed by atoms with Crippen molar-refractivity contribution in [3.05, 3.63) is 18.2 Å². The van der Waals surface area contributed by atoms with Crippen molar-refractivity contribution in [2.24, 2.45) is 0 Å². The number of methoxy groups -OCH3 is 1. The second-order valence-corrected chi connectivity index (χ2v) is 3.71. The number of aromatic nitrogens is 1. The van der Waals surface area contributed by atoms with Gasteiger partial charge in [-0.25, -0.2) is 0 Å². The van der Waals surface area contributed by atoms with E-state index in [1.807, 2.05) is 25.1 Å². The van der Waals surface area contributed by atoms with Gasteiger partial charge in [-0.1, -0.05) is 17.4 Å². The average molecular weight is 209 g/mol. The second kappa shape index (κ2) is 3.84. The highest BCUT2D eigenvalue weighted by Gasteiger charge is 2.08. The highest BCUT2D eigenvalue weighted by atomic mass is 32.1. The lowest BCUT2D eigenvalue weighted by Gasteiger charge is -1.97. The minimum atomic E-state index is 0.641. The van der Waals surface area contributed by atoms with Crippen LogP contribution in [0.25, 0.3) is 10.2 Å². The van der Waals surface area contributed by atoms with E-state index in [9.17, 15) is 0 Å². The average Bonchev–Trinajstić information content (AvgIpc) is 2.60. The molecule has 4 heteroatoms. The first kappa shape index (κ1) is 9.27. The van der Waals surface area contributed by atoms with Gasteiger partial charge in [0.25, 0.3) is 5.19 Å². The third-order valence-corrected chi connectivity index (χ3v) is 2.78. The van der Waals surface area contributed by atoms with Crippen LogP contribution in [0, 0.1) is 0 Å². The maximum absolute atomic E-state index is 5.34. The van der Waals surface area contributed by atoms with Gasteiger partial charge in [-0.2, -0.15) is 4.98 Å². The number of hydrogen-bond donors (Lipinski definition) is 0. The topological polar surface area (TPSA) is 31.4 Å². The predicted octanol–water partition coefficient (Wildman–Crippen LogP) is 2.70. The third kappa shape index (κ3) is 1.53. The summed E-state index contributed by atoms with van der Waals surface area (Å²) in [7, 11) is 1.65. The van der Waals surface area contributed by atoms with E-state index >= 15 is 0 Å². The Morgan fingerprint density at radius 3 is 3.00 bits per heavy atom. The lowest BCUT2D eigenvalue weighted by molar-refractivity contribution is 0.338. The molecule has 0 amide bonds. The van der Waals surface area contributed by atoms with Crippen molar-refractivity contribution < 1.29 is 9.47 Å².